The summed E-state index contributed by atoms with van der Waals surface area (Å²) >= 11 is 0. The van der Waals surface area contributed by atoms with Crippen LogP contribution in [0.4, 0.5) is 0 Å². The molecule has 0 saturated carbocycles. The Balaban J connectivity index is 1.85. The molecule has 1 fully saturated rings. The SMILES string of the molecule is CCCCOc1ccc(C(=O)CCC(=O)N2CCC[C@H]2[C@@H](O)C(=O)O)cc1. The van der Waals surface area contributed by atoms with E-state index >= 15 is 0 Å². The number of ketones is 1. The quantitative estimate of drug-likeness (QED) is 0.479. The maximum absolute atomic E-state index is 12.4. The molecule has 0 bridgehead atoms. The number of benzene rings is 1. The zero-order valence-electron chi connectivity index (χ0n) is 15.6. The molecule has 7 heteroatoms. The van der Waals surface area contributed by atoms with Crippen LogP contribution in [0, 0.1) is 0 Å². The zero-order valence-corrected chi connectivity index (χ0v) is 15.6. The first-order chi connectivity index (χ1) is 12.9. The van der Waals surface area contributed by atoms with Gasteiger partial charge in [0.05, 0.1) is 12.6 Å². The number of unbranched alkanes of at least 4 members (excludes halogenated alkanes) is 1. The highest BCUT2D eigenvalue weighted by Crippen LogP contribution is 2.22. The number of carboxylic acid groups (broad SMARTS) is 1. The number of aliphatic hydroxyl groups excluding tert-OH is 1. The van der Waals surface area contributed by atoms with E-state index in [1.165, 1.54) is 4.90 Å². The third-order valence-electron chi connectivity index (χ3n) is 4.75. The molecule has 2 N–H and O–H groups in total. The Labute approximate surface area is 158 Å². The maximum Gasteiger partial charge on any atom is 0.334 e. The van der Waals surface area contributed by atoms with Crippen LogP contribution in [-0.2, 0) is 9.59 Å². The highest BCUT2D eigenvalue weighted by Gasteiger charge is 2.37. The van der Waals surface area contributed by atoms with Gasteiger partial charge < -0.3 is 19.8 Å². The smallest absolute Gasteiger partial charge is 0.334 e. The summed E-state index contributed by atoms with van der Waals surface area (Å²) in [4.78, 5) is 37.0. The predicted molar refractivity (Wildman–Crippen MR) is 98.8 cm³/mol. The minimum Gasteiger partial charge on any atom is -0.494 e. The van der Waals surface area contributed by atoms with Crippen molar-refractivity contribution in [2.45, 2.75) is 57.6 Å². The number of rotatable bonds is 10. The summed E-state index contributed by atoms with van der Waals surface area (Å²) in [5, 5.41) is 18.7. The van der Waals surface area contributed by atoms with Gasteiger partial charge in [0.1, 0.15) is 5.75 Å². The topological polar surface area (TPSA) is 104 Å². The van der Waals surface area contributed by atoms with Crippen molar-refractivity contribution in [3.8, 4) is 5.75 Å². The summed E-state index contributed by atoms with van der Waals surface area (Å²) < 4.78 is 5.56. The van der Waals surface area contributed by atoms with Crippen LogP contribution in [0.5, 0.6) is 5.75 Å². The van der Waals surface area contributed by atoms with E-state index in [1.807, 2.05) is 0 Å². The largest absolute Gasteiger partial charge is 0.494 e. The molecule has 1 heterocycles. The van der Waals surface area contributed by atoms with Crippen LogP contribution in [0.25, 0.3) is 0 Å². The third kappa shape index (κ3) is 5.79. The molecule has 0 aliphatic carbocycles. The first kappa shape index (κ1) is 20.9. The average molecular weight is 377 g/mol. The van der Waals surface area contributed by atoms with Gasteiger partial charge in [0.2, 0.25) is 5.91 Å². The lowest BCUT2D eigenvalue weighted by Crippen LogP contribution is -2.46. The lowest BCUT2D eigenvalue weighted by atomic mass is 10.0. The molecule has 1 saturated heterocycles. The first-order valence-corrected chi connectivity index (χ1v) is 9.40. The molecule has 2 atom stereocenters. The third-order valence-corrected chi connectivity index (χ3v) is 4.75. The van der Waals surface area contributed by atoms with Crippen LogP contribution < -0.4 is 4.74 Å². The second-order valence-corrected chi connectivity index (χ2v) is 6.73. The zero-order chi connectivity index (χ0) is 19.8. The molecule has 148 valence electrons. The van der Waals surface area contributed by atoms with Crippen molar-refractivity contribution in [3.63, 3.8) is 0 Å². The Morgan fingerprint density at radius 2 is 1.93 bits per heavy atom. The van der Waals surface area contributed by atoms with Crippen LogP contribution in [-0.4, -0.2) is 58.1 Å². The highest BCUT2D eigenvalue weighted by molar-refractivity contribution is 5.98. The Morgan fingerprint density at radius 1 is 1.22 bits per heavy atom. The van der Waals surface area contributed by atoms with Crippen molar-refractivity contribution in [1.29, 1.82) is 0 Å². The maximum atomic E-state index is 12.4. The minimum absolute atomic E-state index is 0.00355. The lowest BCUT2D eigenvalue weighted by Gasteiger charge is -2.26. The molecule has 2 rings (SSSR count). The molecule has 1 amide bonds. The van der Waals surface area contributed by atoms with Gasteiger partial charge in [-0.05, 0) is 43.5 Å². The summed E-state index contributed by atoms with van der Waals surface area (Å²) in [7, 11) is 0. The van der Waals surface area contributed by atoms with Gasteiger partial charge in [-0.2, -0.15) is 0 Å². The molecule has 1 aliphatic heterocycles. The standard InChI is InChI=1S/C20H27NO6/c1-2-3-13-27-15-8-6-14(7-9-15)17(22)10-11-18(23)21-12-4-5-16(21)19(24)20(25)26/h6-9,16,19,24H,2-5,10-13H2,1H3,(H,25,26)/t16-,19+/m0/s1. The number of ether oxygens (including phenoxy) is 1. The summed E-state index contributed by atoms with van der Waals surface area (Å²) in [5.74, 6) is -1.08. The van der Waals surface area contributed by atoms with Crippen molar-refractivity contribution in [2.24, 2.45) is 0 Å². The fraction of sp³-hybridized carbons (Fsp3) is 0.550. The number of carbonyl (C=O) groups excluding carboxylic acids is 2. The molecular formula is C20H27NO6. The monoisotopic (exact) mass is 377 g/mol. The van der Waals surface area contributed by atoms with Crippen LogP contribution in [0.2, 0.25) is 0 Å². The van der Waals surface area contributed by atoms with E-state index in [9.17, 15) is 19.5 Å². The first-order valence-electron chi connectivity index (χ1n) is 9.40. The van der Waals surface area contributed by atoms with Crippen LogP contribution in [0.1, 0.15) is 55.8 Å². The van der Waals surface area contributed by atoms with Crippen LogP contribution >= 0.6 is 0 Å². The number of carboxylic acids is 1. The summed E-state index contributed by atoms with van der Waals surface area (Å²) in [6.07, 6.45) is 1.56. The molecule has 1 aliphatic rings. The minimum atomic E-state index is -1.59. The number of nitrogens with zero attached hydrogens (tertiary/aromatic N) is 1. The second kappa shape index (κ2) is 10.1. The molecular weight excluding hydrogens is 350 g/mol. The normalized spacial score (nSPS) is 17.6. The molecule has 27 heavy (non-hydrogen) atoms. The molecule has 7 nitrogen and oxygen atoms in total. The van der Waals surface area contributed by atoms with Gasteiger partial charge in [0, 0.05) is 24.9 Å². The van der Waals surface area contributed by atoms with E-state index in [2.05, 4.69) is 6.92 Å². The molecule has 1 aromatic carbocycles. The number of aliphatic carboxylic acids is 1. The summed E-state index contributed by atoms with van der Waals surface area (Å²) in [6.45, 7) is 3.13. The Hall–Kier alpha value is -2.41. The van der Waals surface area contributed by atoms with Gasteiger partial charge in [-0.3, -0.25) is 9.59 Å². The van der Waals surface area contributed by atoms with E-state index in [-0.39, 0.29) is 24.5 Å². The Kier molecular flexibility index (Phi) is 7.79. The number of hydrogen-bond donors (Lipinski definition) is 2. The van der Waals surface area contributed by atoms with Gasteiger partial charge in [0.15, 0.2) is 11.9 Å². The highest BCUT2D eigenvalue weighted by atomic mass is 16.5. The van der Waals surface area contributed by atoms with Gasteiger partial charge in [-0.1, -0.05) is 13.3 Å². The fourth-order valence-corrected chi connectivity index (χ4v) is 3.17. The summed E-state index contributed by atoms with van der Waals surface area (Å²) in [5.41, 5.74) is 0.509. The van der Waals surface area contributed by atoms with E-state index in [1.54, 1.807) is 24.3 Å². The van der Waals surface area contributed by atoms with Crippen molar-refractivity contribution in [3.05, 3.63) is 29.8 Å². The van der Waals surface area contributed by atoms with Gasteiger partial charge in [-0.15, -0.1) is 0 Å². The molecule has 0 unspecified atom stereocenters. The van der Waals surface area contributed by atoms with E-state index in [0.29, 0.717) is 37.3 Å². The molecule has 0 aromatic heterocycles. The lowest BCUT2D eigenvalue weighted by molar-refractivity contribution is -0.151. The fourth-order valence-electron chi connectivity index (χ4n) is 3.17. The summed E-state index contributed by atoms with van der Waals surface area (Å²) in [6, 6.07) is 6.13. The molecule has 0 radical (unpaired) electrons. The second-order valence-electron chi connectivity index (χ2n) is 6.73. The number of aliphatic hydroxyl groups is 1. The van der Waals surface area contributed by atoms with Crippen molar-refractivity contribution < 1.29 is 29.3 Å². The molecule has 0 spiro atoms. The number of hydrogen-bond acceptors (Lipinski definition) is 5. The van der Waals surface area contributed by atoms with Gasteiger partial charge >= 0.3 is 5.97 Å². The van der Waals surface area contributed by atoms with E-state index in [0.717, 1.165) is 12.8 Å². The number of carbonyl (C=O) groups is 3. The van der Waals surface area contributed by atoms with E-state index in [4.69, 9.17) is 9.84 Å². The van der Waals surface area contributed by atoms with Crippen LogP contribution in [0.3, 0.4) is 0 Å². The number of likely N-dealkylation sites (tertiary alicyclic amines) is 1. The van der Waals surface area contributed by atoms with E-state index < -0.39 is 18.1 Å². The molecule has 1 aromatic rings. The van der Waals surface area contributed by atoms with Crippen molar-refractivity contribution >= 4 is 17.7 Å². The van der Waals surface area contributed by atoms with Crippen molar-refractivity contribution in [1.82, 2.24) is 4.90 Å². The van der Waals surface area contributed by atoms with Gasteiger partial charge in [-0.25, -0.2) is 4.79 Å². The van der Waals surface area contributed by atoms with Gasteiger partial charge in [0.25, 0.3) is 0 Å². The number of amides is 1. The van der Waals surface area contributed by atoms with Crippen molar-refractivity contribution in [2.75, 3.05) is 13.2 Å². The number of Topliss-reactive ketones (excluding diaryl/α,β-unsaturated/α-hetero) is 1. The average Bonchev–Trinajstić information content (AvgIpc) is 3.15. The Morgan fingerprint density at radius 3 is 2.56 bits per heavy atom. The van der Waals surface area contributed by atoms with Crippen LogP contribution in [0.15, 0.2) is 24.3 Å². The predicted octanol–water partition coefficient (Wildman–Crippen LogP) is 2.26. The Bertz CT molecular complexity index is 657.